The number of hydrogen-bond acceptors (Lipinski definition) is 4. The molecule has 1 atom stereocenters. The maximum atomic E-state index is 13.3. The Morgan fingerprint density at radius 2 is 2.20 bits per heavy atom. The first-order valence-corrected chi connectivity index (χ1v) is 7.04. The van der Waals surface area contributed by atoms with Crippen molar-refractivity contribution in [1.82, 2.24) is 15.3 Å². The molecule has 1 N–H and O–H groups in total. The second-order valence-corrected chi connectivity index (χ2v) is 5.61. The summed E-state index contributed by atoms with van der Waals surface area (Å²) in [7, 11) is 0. The van der Waals surface area contributed by atoms with Gasteiger partial charge < -0.3 is 10.2 Å². The molecule has 1 saturated heterocycles. The first-order valence-electron chi connectivity index (χ1n) is 7.04. The molecule has 0 aliphatic carbocycles. The van der Waals surface area contributed by atoms with Gasteiger partial charge in [0.25, 0.3) is 0 Å². The van der Waals surface area contributed by atoms with E-state index < -0.39 is 0 Å². The molecule has 0 radical (unpaired) electrons. The Labute approximate surface area is 118 Å². The fraction of sp³-hybridized carbons (Fsp3) is 0.467. The molecule has 2 aromatic rings. The third kappa shape index (κ3) is 2.58. The van der Waals surface area contributed by atoms with Crippen LogP contribution >= 0.6 is 0 Å². The zero-order chi connectivity index (χ0) is 14.1. The Kier molecular flexibility index (Phi) is 3.53. The summed E-state index contributed by atoms with van der Waals surface area (Å²) in [4.78, 5) is 11.1. The number of benzene rings is 1. The van der Waals surface area contributed by atoms with Crippen molar-refractivity contribution in [3.63, 3.8) is 0 Å². The lowest BCUT2D eigenvalue weighted by Gasteiger charge is -2.36. The highest BCUT2D eigenvalue weighted by Gasteiger charge is 2.22. The number of aromatic nitrogens is 2. The maximum Gasteiger partial charge on any atom is 0.147 e. The van der Waals surface area contributed by atoms with Crippen molar-refractivity contribution in [3.8, 4) is 0 Å². The smallest absolute Gasteiger partial charge is 0.147 e. The van der Waals surface area contributed by atoms with Crippen LogP contribution in [-0.4, -0.2) is 35.6 Å². The first-order chi connectivity index (χ1) is 9.63. The van der Waals surface area contributed by atoms with Crippen molar-refractivity contribution in [2.24, 2.45) is 5.92 Å². The van der Waals surface area contributed by atoms with E-state index in [9.17, 15) is 4.39 Å². The van der Waals surface area contributed by atoms with Crippen LogP contribution < -0.4 is 10.2 Å². The number of rotatable bonds is 2. The summed E-state index contributed by atoms with van der Waals surface area (Å²) in [6.45, 7) is 7.17. The van der Waals surface area contributed by atoms with Crippen molar-refractivity contribution >= 4 is 16.9 Å². The maximum absolute atomic E-state index is 13.3. The van der Waals surface area contributed by atoms with Gasteiger partial charge in [-0.3, -0.25) is 4.98 Å². The van der Waals surface area contributed by atoms with E-state index in [1.807, 2.05) is 0 Å². The van der Waals surface area contributed by atoms with E-state index in [1.54, 1.807) is 12.3 Å². The Morgan fingerprint density at radius 1 is 1.35 bits per heavy atom. The van der Waals surface area contributed by atoms with Gasteiger partial charge in [-0.15, -0.1) is 0 Å². The number of nitrogens with zero attached hydrogens (tertiary/aromatic N) is 3. The van der Waals surface area contributed by atoms with Crippen LogP contribution in [0.2, 0.25) is 0 Å². The molecule has 1 aliphatic rings. The van der Waals surface area contributed by atoms with Crippen LogP contribution in [0.5, 0.6) is 0 Å². The van der Waals surface area contributed by atoms with Crippen LogP contribution in [0.25, 0.3) is 11.0 Å². The highest BCUT2D eigenvalue weighted by molar-refractivity contribution is 5.75. The molecule has 0 bridgehead atoms. The molecule has 0 amide bonds. The Bertz CT molecular complexity index is 614. The van der Waals surface area contributed by atoms with E-state index in [0.29, 0.717) is 17.5 Å². The zero-order valence-corrected chi connectivity index (χ0v) is 11.8. The van der Waals surface area contributed by atoms with Gasteiger partial charge in [0, 0.05) is 31.7 Å². The van der Waals surface area contributed by atoms with Gasteiger partial charge >= 0.3 is 0 Å². The molecule has 106 valence electrons. The van der Waals surface area contributed by atoms with Gasteiger partial charge in [-0.25, -0.2) is 9.37 Å². The Hall–Kier alpha value is -1.75. The minimum Gasteiger partial charge on any atom is -0.352 e. The molecule has 20 heavy (non-hydrogen) atoms. The van der Waals surface area contributed by atoms with Crippen molar-refractivity contribution < 1.29 is 4.39 Å². The second kappa shape index (κ2) is 5.32. The summed E-state index contributed by atoms with van der Waals surface area (Å²) >= 11 is 0. The van der Waals surface area contributed by atoms with Gasteiger partial charge in [0.1, 0.15) is 11.6 Å². The van der Waals surface area contributed by atoms with E-state index >= 15 is 0 Å². The summed E-state index contributed by atoms with van der Waals surface area (Å²) in [5.74, 6) is 1.13. The SMILES string of the molecule is CC(C)[C@H]1CN(c2cnc3ccc(F)cc3n2)CCN1. The Balaban J connectivity index is 1.89. The average molecular weight is 274 g/mol. The molecule has 1 fully saturated rings. The number of fused-ring (bicyclic) bond motifs is 1. The minimum absolute atomic E-state index is 0.274. The predicted octanol–water partition coefficient (Wildman–Crippen LogP) is 2.20. The molecule has 0 saturated carbocycles. The lowest BCUT2D eigenvalue weighted by molar-refractivity contribution is 0.367. The van der Waals surface area contributed by atoms with Crippen molar-refractivity contribution in [3.05, 3.63) is 30.2 Å². The molecule has 3 rings (SSSR count). The van der Waals surface area contributed by atoms with Crippen LogP contribution in [0.1, 0.15) is 13.8 Å². The van der Waals surface area contributed by atoms with Gasteiger partial charge in [0.2, 0.25) is 0 Å². The highest BCUT2D eigenvalue weighted by Crippen LogP contribution is 2.19. The van der Waals surface area contributed by atoms with Crippen molar-refractivity contribution in [2.45, 2.75) is 19.9 Å². The van der Waals surface area contributed by atoms with Gasteiger partial charge in [0.05, 0.1) is 17.2 Å². The summed E-state index contributed by atoms with van der Waals surface area (Å²) in [5.41, 5.74) is 1.34. The fourth-order valence-electron chi connectivity index (χ4n) is 2.56. The van der Waals surface area contributed by atoms with Crippen molar-refractivity contribution in [1.29, 1.82) is 0 Å². The summed E-state index contributed by atoms with van der Waals surface area (Å²) in [6.07, 6.45) is 1.78. The topological polar surface area (TPSA) is 41.1 Å². The standard InChI is InChI=1S/C15H19FN4/c1-10(2)14-9-20(6-5-17-14)15-8-18-12-4-3-11(16)7-13(12)19-15/h3-4,7-8,10,14,17H,5-6,9H2,1-2H3/t14-/m1/s1. The van der Waals surface area contributed by atoms with Crippen LogP contribution in [0, 0.1) is 11.7 Å². The minimum atomic E-state index is -0.274. The van der Waals surface area contributed by atoms with Gasteiger partial charge in [-0.2, -0.15) is 0 Å². The lowest BCUT2D eigenvalue weighted by atomic mass is 10.0. The molecule has 5 heteroatoms. The van der Waals surface area contributed by atoms with Crippen molar-refractivity contribution in [2.75, 3.05) is 24.5 Å². The van der Waals surface area contributed by atoms with Crippen LogP contribution in [0.4, 0.5) is 10.2 Å². The highest BCUT2D eigenvalue weighted by atomic mass is 19.1. The molecule has 0 unspecified atom stereocenters. The van der Waals surface area contributed by atoms with Gasteiger partial charge in [-0.05, 0) is 18.1 Å². The molecule has 1 aromatic heterocycles. The average Bonchev–Trinajstić information content (AvgIpc) is 2.46. The molecular formula is C15H19FN4. The van der Waals surface area contributed by atoms with E-state index in [1.165, 1.54) is 12.1 Å². The van der Waals surface area contributed by atoms with Gasteiger partial charge in [0.15, 0.2) is 0 Å². The number of piperazine rings is 1. The monoisotopic (exact) mass is 274 g/mol. The van der Waals surface area contributed by atoms with Crippen LogP contribution in [-0.2, 0) is 0 Å². The third-order valence-corrected chi connectivity index (χ3v) is 3.83. The van der Waals surface area contributed by atoms with Crippen LogP contribution in [0.15, 0.2) is 24.4 Å². The first kappa shape index (κ1) is 13.2. The number of nitrogens with one attached hydrogen (secondary N) is 1. The molecule has 1 aliphatic heterocycles. The number of halogens is 1. The molecule has 4 nitrogen and oxygen atoms in total. The summed E-state index contributed by atoms with van der Waals surface area (Å²) in [5, 5.41) is 3.51. The van der Waals surface area contributed by atoms with E-state index in [4.69, 9.17) is 0 Å². The Morgan fingerprint density at radius 3 is 3.00 bits per heavy atom. The quantitative estimate of drug-likeness (QED) is 0.911. The van der Waals surface area contributed by atoms with E-state index in [-0.39, 0.29) is 5.82 Å². The molecule has 0 spiro atoms. The predicted molar refractivity (Wildman–Crippen MR) is 78.3 cm³/mol. The zero-order valence-electron chi connectivity index (χ0n) is 11.8. The second-order valence-electron chi connectivity index (χ2n) is 5.61. The molecule has 2 heterocycles. The summed E-state index contributed by atoms with van der Waals surface area (Å²) < 4.78 is 13.3. The number of hydrogen-bond donors (Lipinski definition) is 1. The third-order valence-electron chi connectivity index (χ3n) is 3.83. The summed E-state index contributed by atoms with van der Waals surface area (Å²) in [6, 6.07) is 4.97. The number of anilines is 1. The van der Waals surface area contributed by atoms with Crippen LogP contribution in [0.3, 0.4) is 0 Å². The largest absolute Gasteiger partial charge is 0.352 e. The van der Waals surface area contributed by atoms with E-state index in [0.717, 1.165) is 31.0 Å². The molecular weight excluding hydrogens is 255 g/mol. The van der Waals surface area contributed by atoms with E-state index in [2.05, 4.69) is 34.0 Å². The molecule has 1 aromatic carbocycles. The fourth-order valence-corrected chi connectivity index (χ4v) is 2.56. The van der Waals surface area contributed by atoms with Gasteiger partial charge in [-0.1, -0.05) is 13.8 Å². The lowest BCUT2D eigenvalue weighted by Crippen LogP contribution is -2.53. The normalized spacial score (nSPS) is 19.8.